The molecule has 2 fully saturated rings. The minimum absolute atomic E-state index is 0.189. The third-order valence-corrected chi connectivity index (χ3v) is 7.77. The predicted octanol–water partition coefficient (Wildman–Crippen LogP) is 2.81. The normalized spacial score (nSPS) is 25.7. The van der Waals surface area contributed by atoms with Crippen molar-refractivity contribution in [3.8, 4) is 0 Å². The van der Waals surface area contributed by atoms with Gasteiger partial charge in [-0.1, -0.05) is 66.7 Å². The van der Waals surface area contributed by atoms with E-state index in [1.54, 1.807) is 55.5 Å². The maximum atomic E-state index is 14.3. The maximum absolute atomic E-state index is 14.3. The molecule has 0 aromatic heterocycles. The second kappa shape index (κ2) is 9.22. The highest BCUT2D eigenvalue weighted by atomic mass is 16.5. The Labute approximate surface area is 220 Å². The Hall–Kier alpha value is -4.30. The van der Waals surface area contributed by atoms with Crippen LogP contribution < -0.4 is 15.1 Å². The highest BCUT2D eigenvalue weighted by Gasteiger charge is 2.71. The van der Waals surface area contributed by atoms with Crippen LogP contribution in [0.1, 0.15) is 18.1 Å². The SMILES string of the molecule is CCOC(=O)CN1C(=O)[C@]2(N[C@@H](Cc3ccccc3)[C@H]3C(=O)N(c4ccccc4)C(=O)[C@H]32)c2ccccc21. The van der Waals surface area contributed by atoms with Crippen molar-refractivity contribution >= 4 is 35.1 Å². The summed E-state index contributed by atoms with van der Waals surface area (Å²) in [5.74, 6) is -3.44. The smallest absolute Gasteiger partial charge is 0.326 e. The molecular formula is C30H27N3O5. The molecule has 3 aromatic carbocycles. The number of ether oxygens (including phenoxy) is 1. The van der Waals surface area contributed by atoms with E-state index >= 15 is 0 Å². The van der Waals surface area contributed by atoms with Crippen LogP contribution in [0.15, 0.2) is 84.9 Å². The molecule has 3 aromatic rings. The van der Waals surface area contributed by atoms with Crippen molar-refractivity contribution in [2.24, 2.45) is 11.8 Å². The van der Waals surface area contributed by atoms with E-state index in [-0.39, 0.29) is 19.1 Å². The summed E-state index contributed by atoms with van der Waals surface area (Å²) < 4.78 is 5.14. The molecule has 0 unspecified atom stereocenters. The summed E-state index contributed by atoms with van der Waals surface area (Å²) in [5.41, 5.74) is 1.11. The van der Waals surface area contributed by atoms with Gasteiger partial charge in [0.1, 0.15) is 12.1 Å². The van der Waals surface area contributed by atoms with Crippen molar-refractivity contribution in [1.82, 2.24) is 5.32 Å². The lowest BCUT2D eigenvalue weighted by Gasteiger charge is -2.30. The maximum Gasteiger partial charge on any atom is 0.326 e. The van der Waals surface area contributed by atoms with Crippen LogP contribution in [0.25, 0.3) is 0 Å². The molecule has 3 aliphatic heterocycles. The van der Waals surface area contributed by atoms with Gasteiger partial charge in [-0.2, -0.15) is 0 Å². The van der Waals surface area contributed by atoms with Crippen LogP contribution in [0.2, 0.25) is 0 Å². The minimum atomic E-state index is -1.48. The van der Waals surface area contributed by atoms with Gasteiger partial charge in [-0.05, 0) is 37.1 Å². The Kier molecular flexibility index (Phi) is 5.84. The first-order valence-electron chi connectivity index (χ1n) is 12.8. The predicted molar refractivity (Wildman–Crippen MR) is 140 cm³/mol. The summed E-state index contributed by atoms with van der Waals surface area (Å²) in [5, 5.41) is 3.48. The van der Waals surface area contributed by atoms with E-state index in [0.29, 0.717) is 23.4 Å². The second-order valence-corrected chi connectivity index (χ2v) is 9.81. The molecular weight excluding hydrogens is 482 g/mol. The number of amides is 3. The molecule has 1 spiro atoms. The average Bonchev–Trinajstić information content (AvgIpc) is 3.49. The number of fused-ring (bicyclic) bond motifs is 4. The third-order valence-electron chi connectivity index (χ3n) is 7.77. The van der Waals surface area contributed by atoms with Crippen LogP contribution in [0, 0.1) is 11.8 Å². The summed E-state index contributed by atoms with van der Waals surface area (Å²) in [6.45, 7) is 1.62. The number of benzene rings is 3. The van der Waals surface area contributed by atoms with Gasteiger partial charge >= 0.3 is 5.97 Å². The highest BCUT2D eigenvalue weighted by Crippen LogP contribution is 2.55. The number of nitrogens with one attached hydrogen (secondary N) is 1. The Morgan fingerprint density at radius 2 is 1.55 bits per heavy atom. The Bertz CT molecular complexity index is 1430. The quantitative estimate of drug-likeness (QED) is 0.406. The van der Waals surface area contributed by atoms with Crippen molar-refractivity contribution in [3.05, 3.63) is 96.1 Å². The molecule has 3 aliphatic rings. The molecule has 6 rings (SSSR count). The van der Waals surface area contributed by atoms with Crippen molar-refractivity contribution in [1.29, 1.82) is 0 Å². The molecule has 2 saturated heterocycles. The number of imide groups is 1. The molecule has 0 saturated carbocycles. The van der Waals surface area contributed by atoms with Gasteiger partial charge in [0.2, 0.25) is 11.8 Å². The van der Waals surface area contributed by atoms with E-state index in [9.17, 15) is 19.2 Å². The third kappa shape index (κ3) is 3.48. The molecule has 0 bridgehead atoms. The number of carbonyl (C=O) groups is 4. The monoisotopic (exact) mass is 509 g/mol. The van der Waals surface area contributed by atoms with Crippen molar-refractivity contribution in [2.75, 3.05) is 23.0 Å². The number of hydrogen-bond donors (Lipinski definition) is 1. The molecule has 8 heteroatoms. The topological polar surface area (TPSA) is 96.0 Å². The zero-order chi connectivity index (χ0) is 26.4. The second-order valence-electron chi connectivity index (χ2n) is 9.81. The van der Waals surface area contributed by atoms with Gasteiger partial charge in [-0.15, -0.1) is 0 Å². The van der Waals surface area contributed by atoms with Crippen LogP contribution in [-0.4, -0.2) is 42.9 Å². The summed E-state index contributed by atoms with van der Waals surface area (Å²) in [6, 6.07) is 25.2. The fourth-order valence-electron chi connectivity index (χ4n) is 6.31. The van der Waals surface area contributed by atoms with Gasteiger partial charge in [-0.25, -0.2) is 4.90 Å². The van der Waals surface area contributed by atoms with E-state index in [0.717, 1.165) is 5.56 Å². The van der Waals surface area contributed by atoms with Gasteiger partial charge in [0.25, 0.3) is 5.91 Å². The van der Waals surface area contributed by atoms with Crippen LogP contribution in [0.4, 0.5) is 11.4 Å². The zero-order valence-corrected chi connectivity index (χ0v) is 20.9. The van der Waals surface area contributed by atoms with E-state index in [2.05, 4.69) is 5.32 Å². The number of rotatable bonds is 6. The lowest BCUT2D eigenvalue weighted by atomic mass is 9.76. The Balaban J connectivity index is 1.49. The fourth-order valence-corrected chi connectivity index (χ4v) is 6.31. The first-order chi connectivity index (χ1) is 18.5. The zero-order valence-electron chi connectivity index (χ0n) is 20.9. The van der Waals surface area contributed by atoms with E-state index in [1.807, 2.05) is 36.4 Å². The highest BCUT2D eigenvalue weighted by molar-refractivity contribution is 6.26. The van der Waals surface area contributed by atoms with Crippen molar-refractivity contribution in [2.45, 2.75) is 24.9 Å². The number of para-hydroxylation sites is 2. The number of esters is 1. The van der Waals surface area contributed by atoms with Gasteiger partial charge in [-0.3, -0.25) is 29.4 Å². The molecule has 8 nitrogen and oxygen atoms in total. The van der Waals surface area contributed by atoms with Gasteiger partial charge in [0.15, 0.2) is 0 Å². The molecule has 0 aliphatic carbocycles. The molecule has 3 heterocycles. The summed E-state index contributed by atoms with van der Waals surface area (Å²) in [6.07, 6.45) is 0.457. The number of nitrogens with zero attached hydrogens (tertiary/aromatic N) is 2. The summed E-state index contributed by atoms with van der Waals surface area (Å²) >= 11 is 0. The first-order valence-corrected chi connectivity index (χ1v) is 12.8. The first kappa shape index (κ1) is 24.1. The van der Waals surface area contributed by atoms with E-state index < -0.39 is 41.2 Å². The lowest BCUT2D eigenvalue weighted by Crippen LogP contribution is -2.56. The number of carbonyl (C=O) groups excluding carboxylic acids is 4. The molecule has 192 valence electrons. The van der Waals surface area contributed by atoms with E-state index in [1.165, 1.54) is 9.80 Å². The molecule has 1 N–H and O–H groups in total. The standard InChI is InChI=1S/C30H27N3O5/c1-2-38-24(34)18-32-23-16-10-9-15-21(23)30(29(32)37)26-25(22(31-30)17-19-11-5-3-6-12-19)27(35)33(28(26)36)20-13-7-4-8-14-20/h3-16,22,25-26,31H,2,17-18H2,1H3/t22-,25+,26-,30-/m0/s1. The molecule has 0 radical (unpaired) electrons. The summed E-state index contributed by atoms with van der Waals surface area (Å²) in [7, 11) is 0. The Morgan fingerprint density at radius 1 is 0.895 bits per heavy atom. The van der Waals surface area contributed by atoms with Gasteiger partial charge < -0.3 is 4.74 Å². The minimum Gasteiger partial charge on any atom is -0.465 e. The van der Waals surface area contributed by atoms with Crippen LogP contribution in [-0.2, 0) is 35.9 Å². The fraction of sp³-hybridized carbons (Fsp3) is 0.267. The van der Waals surface area contributed by atoms with Crippen LogP contribution in [0.5, 0.6) is 0 Å². The van der Waals surface area contributed by atoms with Gasteiger partial charge in [0.05, 0.1) is 24.1 Å². The molecule has 38 heavy (non-hydrogen) atoms. The number of anilines is 2. The van der Waals surface area contributed by atoms with Crippen molar-refractivity contribution in [3.63, 3.8) is 0 Å². The molecule has 4 atom stereocenters. The van der Waals surface area contributed by atoms with E-state index in [4.69, 9.17) is 4.74 Å². The van der Waals surface area contributed by atoms with Crippen LogP contribution in [0.3, 0.4) is 0 Å². The summed E-state index contributed by atoms with van der Waals surface area (Å²) in [4.78, 5) is 57.5. The molecule has 3 amide bonds. The van der Waals surface area contributed by atoms with Crippen LogP contribution >= 0.6 is 0 Å². The Morgan fingerprint density at radius 3 is 2.26 bits per heavy atom. The number of hydrogen-bond acceptors (Lipinski definition) is 6. The largest absolute Gasteiger partial charge is 0.465 e. The lowest BCUT2D eigenvalue weighted by molar-refractivity contribution is -0.142. The van der Waals surface area contributed by atoms with Gasteiger partial charge in [0, 0.05) is 17.3 Å². The van der Waals surface area contributed by atoms with Crippen molar-refractivity contribution < 1.29 is 23.9 Å². The average molecular weight is 510 g/mol.